The van der Waals surface area contributed by atoms with E-state index in [4.69, 9.17) is 9.84 Å². The highest BCUT2D eigenvalue weighted by molar-refractivity contribution is 5.75. The van der Waals surface area contributed by atoms with Gasteiger partial charge in [-0.25, -0.2) is 0 Å². The van der Waals surface area contributed by atoms with Crippen LogP contribution in [0.15, 0.2) is 0 Å². The van der Waals surface area contributed by atoms with Crippen molar-refractivity contribution in [1.29, 1.82) is 0 Å². The van der Waals surface area contributed by atoms with E-state index in [1.165, 1.54) is 0 Å². The number of carbonyl (C=O) groups is 2. The summed E-state index contributed by atoms with van der Waals surface area (Å²) in [5.41, 5.74) is -0.570. The molecule has 0 aliphatic carbocycles. The quantitative estimate of drug-likeness (QED) is 0.522. The predicted octanol–water partition coefficient (Wildman–Crippen LogP) is 1.17. The molecular weight excluding hydrogens is 262 g/mol. The van der Waals surface area contributed by atoms with Gasteiger partial charge < -0.3 is 20.3 Å². The molecule has 20 heavy (non-hydrogen) atoms. The van der Waals surface area contributed by atoms with Crippen LogP contribution in [0.3, 0.4) is 0 Å². The zero-order chi connectivity index (χ0) is 15.8. The number of carbonyl (C=O) groups excluding carboxylic acids is 1. The normalized spacial score (nSPS) is 14.7. The second-order valence-electron chi connectivity index (χ2n) is 5.58. The van der Waals surface area contributed by atoms with E-state index in [0.717, 1.165) is 6.42 Å². The lowest BCUT2D eigenvalue weighted by Crippen LogP contribution is -2.42. The number of nitrogens with one attached hydrogen (secondary N) is 1. The zero-order valence-electron chi connectivity index (χ0n) is 12.8. The number of hydrogen-bond acceptors (Lipinski definition) is 5. The summed E-state index contributed by atoms with van der Waals surface area (Å²) >= 11 is 0. The number of aliphatic carboxylic acids is 1. The molecule has 2 atom stereocenters. The number of aliphatic hydroxyl groups is 1. The molecule has 0 aliphatic rings. The second kappa shape index (κ2) is 8.92. The van der Waals surface area contributed by atoms with Crippen LogP contribution in [-0.4, -0.2) is 47.4 Å². The Labute approximate surface area is 120 Å². The fourth-order valence-electron chi connectivity index (χ4n) is 1.45. The van der Waals surface area contributed by atoms with Gasteiger partial charge in [-0.15, -0.1) is 0 Å². The summed E-state index contributed by atoms with van der Waals surface area (Å²) in [6.45, 7) is 7.29. The standard InChI is InChI=1S/C14H27NO5/c1-5-7-11(12(17)18)15-8-10(16)9-20-13(19)14(3,4)6-2/h10-11,15-16H,5-9H2,1-4H3,(H,17,18). The Hall–Kier alpha value is -1.14. The first-order valence-electron chi connectivity index (χ1n) is 7.06. The van der Waals surface area contributed by atoms with E-state index >= 15 is 0 Å². The van der Waals surface area contributed by atoms with Crippen LogP contribution in [0.1, 0.15) is 47.0 Å². The maximum absolute atomic E-state index is 11.7. The average molecular weight is 289 g/mol. The van der Waals surface area contributed by atoms with Crippen molar-refractivity contribution in [3.8, 4) is 0 Å². The van der Waals surface area contributed by atoms with Gasteiger partial charge in [-0.2, -0.15) is 0 Å². The smallest absolute Gasteiger partial charge is 0.320 e. The van der Waals surface area contributed by atoms with Crippen molar-refractivity contribution in [1.82, 2.24) is 5.32 Å². The van der Waals surface area contributed by atoms with Crippen molar-refractivity contribution in [3.05, 3.63) is 0 Å². The molecule has 2 unspecified atom stereocenters. The summed E-state index contributed by atoms with van der Waals surface area (Å²) in [5, 5.41) is 21.4. The molecule has 0 aliphatic heterocycles. The number of rotatable bonds is 10. The Morgan fingerprint density at radius 3 is 2.35 bits per heavy atom. The Bertz CT molecular complexity index is 317. The largest absolute Gasteiger partial charge is 0.480 e. The molecule has 0 rings (SSSR count). The van der Waals surface area contributed by atoms with Gasteiger partial charge in [-0.05, 0) is 26.7 Å². The first-order valence-corrected chi connectivity index (χ1v) is 7.06. The van der Waals surface area contributed by atoms with Gasteiger partial charge in [0.25, 0.3) is 0 Å². The number of ether oxygens (including phenoxy) is 1. The molecule has 0 spiro atoms. The lowest BCUT2D eigenvalue weighted by molar-refractivity contribution is -0.157. The molecule has 6 nitrogen and oxygen atoms in total. The van der Waals surface area contributed by atoms with E-state index in [9.17, 15) is 14.7 Å². The Morgan fingerprint density at radius 2 is 1.90 bits per heavy atom. The number of esters is 1. The number of hydrogen-bond donors (Lipinski definition) is 3. The molecule has 118 valence electrons. The van der Waals surface area contributed by atoms with Gasteiger partial charge in [0, 0.05) is 6.54 Å². The molecule has 0 saturated carbocycles. The minimum absolute atomic E-state index is 0.0802. The van der Waals surface area contributed by atoms with Crippen LogP contribution in [0, 0.1) is 5.41 Å². The van der Waals surface area contributed by atoms with Crippen molar-refractivity contribution in [3.63, 3.8) is 0 Å². The van der Waals surface area contributed by atoms with E-state index in [1.54, 1.807) is 13.8 Å². The van der Waals surface area contributed by atoms with E-state index in [2.05, 4.69) is 5.32 Å². The Morgan fingerprint density at radius 1 is 1.30 bits per heavy atom. The first-order chi connectivity index (χ1) is 9.24. The fraction of sp³-hybridized carbons (Fsp3) is 0.857. The molecule has 0 heterocycles. The van der Waals surface area contributed by atoms with Crippen LogP contribution in [0.2, 0.25) is 0 Å². The maximum Gasteiger partial charge on any atom is 0.320 e. The summed E-state index contributed by atoms with van der Waals surface area (Å²) in [4.78, 5) is 22.6. The van der Waals surface area contributed by atoms with E-state index < -0.39 is 23.5 Å². The van der Waals surface area contributed by atoms with Gasteiger partial charge in [0.05, 0.1) is 5.41 Å². The molecule has 0 aromatic heterocycles. The highest BCUT2D eigenvalue weighted by Gasteiger charge is 2.27. The SMILES string of the molecule is CCCC(NCC(O)COC(=O)C(C)(C)CC)C(=O)O. The van der Waals surface area contributed by atoms with Gasteiger partial charge in [0.1, 0.15) is 18.8 Å². The Balaban J connectivity index is 4.08. The summed E-state index contributed by atoms with van der Waals surface area (Å²) in [6, 6.07) is -0.683. The molecular formula is C14H27NO5. The Kier molecular flexibility index (Phi) is 8.41. The third kappa shape index (κ3) is 6.86. The van der Waals surface area contributed by atoms with Crippen LogP contribution >= 0.6 is 0 Å². The predicted molar refractivity (Wildman–Crippen MR) is 75.4 cm³/mol. The molecule has 6 heteroatoms. The van der Waals surface area contributed by atoms with Gasteiger partial charge in [0.2, 0.25) is 0 Å². The maximum atomic E-state index is 11.7. The van der Waals surface area contributed by atoms with Crippen LogP contribution in [0.5, 0.6) is 0 Å². The van der Waals surface area contributed by atoms with E-state index in [0.29, 0.717) is 12.8 Å². The number of carboxylic acid groups (broad SMARTS) is 1. The van der Waals surface area contributed by atoms with Crippen molar-refractivity contribution in [2.45, 2.75) is 59.1 Å². The molecule has 0 amide bonds. The van der Waals surface area contributed by atoms with Crippen molar-refractivity contribution < 1.29 is 24.5 Å². The minimum atomic E-state index is -0.942. The molecule has 0 radical (unpaired) electrons. The first kappa shape index (κ1) is 18.9. The lowest BCUT2D eigenvalue weighted by atomic mass is 9.91. The van der Waals surface area contributed by atoms with E-state index in [-0.39, 0.29) is 19.1 Å². The average Bonchev–Trinajstić information content (AvgIpc) is 2.40. The highest BCUT2D eigenvalue weighted by Crippen LogP contribution is 2.21. The molecule has 0 saturated heterocycles. The molecule has 0 aromatic rings. The third-order valence-electron chi connectivity index (χ3n) is 3.32. The van der Waals surface area contributed by atoms with Crippen LogP contribution in [0.25, 0.3) is 0 Å². The monoisotopic (exact) mass is 289 g/mol. The summed E-state index contributed by atoms with van der Waals surface area (Å²) in [6.07, 6.45) is 0.965. The molecule has 0 fully saturated rings. The van der Waals surface area contributed by atoms with E-state index in [1.807, 2.05) is 13.8 Å². The topological polar surface area (TPSA) is 95.9 Å². The zero-order valence-corrected chi connectivity index (χ0v) is 12.8. The van der Waals surface area contributed by atoms with Crippen molar-refractivity contribution >= 4 is 11.9 Å². The van der Waals surface area contributed by atoms with Crippen molar-refractivity contribution in [2.24, 2.45) is 5.41 Å². The lowest BCUT2D eigenvalue weighted by Gasteiger charge is -2.22. The van der Waals surface area contributed by atoms with Crippen LogP contribution in [-0.2, 0) is 14.3 Å². The molecule has 0 aromatic carbocycles. The van der Waals surface area contributed by atoms with Gasteiger partial charge >= 0.3 is 11.9 Å². The van der Waals surface area contributed by atoms with Crippen LogP contribution < -0.4 is 5.32 Å². The van der Waals surface area contributed by atoms with Gasteiger partial charge in [-0.3, -0.25) is 9.59 Å². The second-order valence-corrected chi connectivity index (χ2v) is 5.58. The number of aliphatic hydroxyl groups excluding tert-OH is 1. The molecule has 0 bridgehead atoms. The van der Waals surface area contributed by atoms with Crippen molar-refractivity contribution in [2.75, 3.05) is 13.2 Å². The van der Waals surface area contributed by atoms with Gasteiger partial charge in [-0.1, -0.05) is 20.3 Å². The number of carboxylic acids is 1. The highest BCUT2D eigenvalue weighted by atomic mass is 16.5. The van der Waals surface area contributed by atoms with Gasteiger partial charge in [0.15, 0.2) is 0 Å². The molecule has 3 N–H and O–H groups in total. The summed E-state index contributed by atoms with van der Waals surface area (Å²) < 4.78 is 5.04. The van der Waals surface area contributed by atoms with Crippen LogP contribution in [0.4, 0.5) is 0 Å². The fourth-order valence-corrected chi connectivity index (χ4v) is 1.45. The minimum Gasteiger partial charge on any atom is -0.480 e. The summed E-state index contributed by atoms with van der Waals surface area (Å²) in [7, 11) is 0. The third-order valence-corrected chi connectivity index (χ3v) is 3.32. The summed E-state index contributed by atoms with van der Waals surface area (Å²) in [5.74, 6) is -1.30.